The first kappa shape index (κ1) is 24.5. The van der Waals surface area contributed by atoms with Gasteiger partial charge in [-0.2, -0.15) is 5.10 Å². The van der Waals surface area contributed by atoms with E-state index in [1.165, 1.54) is 6.21 Å². The van der Waals surface area contributed by atoms with Crippen LogP contribution in [0.2, 0.25) is 0 Å². The van der Waals surface area contributed by atoms with Gasteiger partial charge in [-0.3, -0.25) is 4.79 Å². The number of nitrogens with one attached hydrogen (secondary N) is 1. The summed E-state index contributed by atoms with van der Waals surface area (Å²) in [5.74, 6) is 0.959. The summed E-state index contributed by atoms with van der Waals surface area (Å²) in [4.78, 5) is 24.3. The van der Waals surface area contributed by atoms with E-state index < -0.39 is 5.97 Å². The molecule has 7 heteroatoms. The maximum Gasteiger partial charge on any atom is 0.343 e. The zero-order valence-electron chi connectivity index (χ0n) is 19.3. The van der Waals surface area contributed by atoms with Gasteiger partial charge in [-0.15, -0.1) is 0 Å². The average molecular weight is 461 g/mol. The average Bonchev–Trinajstić information content (AvgIpc) is 2.85. The predicted octanol–water partition coefficient (Wildman–Crippen LogP) is 4.92. The van der Waals surface area contributed by atoms with E-state index in [2.05, 4.69) is 17.5 Å². The molecule has 0 saturated carbocycles. The predicted molar refractivity (Wildman–Crippen MR) is 131 cm³/mol. The molecule has 0 atom stereocenters. The van der Waals surface area contributed by atoms with Gasteiger partial charge >= 0.3 is 5.97 Å². The van der Waals surface area contributed by atoms with Gasteiger partial charge in [0.05, 0.1) is 18.4 Å². The lowest BCUT2D eigenvalue weighted by Gasteiger charge is -2.07. The highest BCUT2D eigenvalue weighted by atomic mass is 16.5. The molecule has 0 spiro atoms. The molecule has 0 saturated heterocycles. The van der Waals surface area contributed by atoms with Crippen LogP contribution in [0.4, 0.5) is 0 Å². The third-order valence-corrected chi connectivity index (χ3v) is 4.80. The van der Waals surface area contributed by atoms with Crippen molar-refractivity contribution in [2.24, 2.45) is 5.10 Å². The lowest BCUT2D eigenvalue weighted by Crippen LogP contribution is -2.24. The molecule has 0 fully saturated rings. The number of amides is 1. The second-order valence-corrected chi connectivity index (χ2v) is 7.53. The first-order valence-corrected chi connectivity index (χ1v) is 11.1. The number of ether oxygens (including phenoxy) is 3. The van der Waals surface area contributed by atoms with Crippen molar-refractivity contribution in [3.8, 4) is 17.2 Å². The first-order chi connectivity index (χ1) is 16.5. The number of hydrogen-bond donors (Lipinski definition) is 1. The second kappa shape index (κ2) is 12.8. The molecule has 0 aliphatic heterocycles. The zero-order chi connectivity index (χ0) is 24.2. The van der Waals surface area contributed by atoms with Crippen LogP contribution >= 0.6 is 0 Å². The quantitative estimate of drug-likeness (QED) is 0.144. The molecule has 3 aromatic rings. The molecular weight excluding hydrogens is 432 g/mol. The van der Waals surface area contributed by atoms with Crippen LogP contribution in [0, 0.1) is 6.92 Å². The number of hydrogen-bond acceptors (Lipinski definition) is 6. The van der Waals surface area contributed by atoms with Crippen LogP contribution in [0.5, 0.6) is 17.2 Å². The normalized spacial score (nSPS) is 10.6. The first-order valence-electron chi connectivity index (χ1n) is 11.1. The molecule has 0 heterocycles. The molecule has 3 aromatic carbocycles. The monoisotopic (exact) mass is 460 g/mol. The van der Waals surface area contributed by atoms with Crippen molar-refractivity contribution in [3.63, 3.8) is 0 Å². The minimum absolute atomic E-state index is 0.136. The molecule has 7 nitrogen and oxygen atoms in total. The van der Waals surface area contributed by atoms with Crippen LogP contribution in [-0.2, 0) is 4.79 Å². The summed E-state index contributed by atoms with van der Waals surface area (Å²) in [6.45, 7) is 4.53. The lowest BCUT2D eigenvalue weighted by atomic mass is 10.2. The van der Waals surface area contributed by atoms with E-state index in [0.29, 0.717) is 23.7 Å². The molecule has 1 amide bonds. The maximum atomic E-state index is 12.4. The molecule has 34 heavy (non-hydrogen) atoms. The molecule has 0 unspecified atom stereocenters. The van der Waals surface area contributed by atoms with Gasteiger partial charge in [0.1, 0.15) is 17.2 Å². The molecule has 0 aromatic heterocycles. The molecule has 0 aliphatic carbocycles. The number of carbonyl (C=O) groups excluding carboxylic acids is 2. The topological polar surface area (TPSA) is 86.2 Å². The van der Waals surface area contributed by atoms with Crippen molar-refractivity contribution in [1.82, 2.24) is 5.43 Å². The molecule has 3 rings (SSSR count). The largest absolute Gasteiger partial charge is 0.494 e. The summed E-state index contributed by atoms with van der Waals surface area (Å²) >= 11 is 0. The standard InChI is InChI=1S/C27H28N2O5/c1-3-4-17-32-23-15-11-22(12-16-23)27(31)34-24-13-9-21(10-14-24)18-28-29-26(30)19-33-25-8-6-5-7-20(25)2/h5-16,18H,3-4,17,19H2,1-2H3,(H,29,30)/b28-18-. The van der Waals surface area contributed by atoms with Gasteiger partial charge in [0, 0.05) is 0 Å². The van der Waals surface area contributed by atoms with Crippen molar-refractivity contribution in [3.05, 3.63) is 89.5 Å². The summed E-state index contributed by atoms with van der Waals surface area (Å²) in [5, 5.41) is 3.93. The van der Waals surface area contributed by atoms with Crippen LogP contribution in [-0.4, -0.2) is 31.3 Å². The lowest BCUT2D eigenvalue weighted by molar-refractivity contribution is -0.123. The van der Waals surface area contributed by atoms with Gasteiger partial charge in [-0.05, 0) is 79.1 Å². The van der Waals surface area contributed by atoms with Gasteiger partial charge < -0.3 is 14.2 Å². The Morgan fingerprint density at radius 3 is 2.32 bits per heavy atom. The Bertz CT molecular complexity index is 1110. The third-order valence-electron chi connectivity index (χ3n) is 4.80. The number of carbonyl (C=O) groups is 2. The zero-order valence-corrected chi connectivity index (χ0v) is 19.3. The van der Waals surface area contributed by atoms with Crippen LogP contribution in [0.1, 0.15) is 41.3 Å². The van der Waals surface area contributed by atoms with Gasteiger partial charge in [0.25, 0.3) is 5.91 Å². The molecule has 0 aliphatic rings. The Morgan fingerprint density at radius 2 is 1.62 bits per heavy atom. The van der Waals surface area contributed by atoms with Crippen LogP contribution in [0.3, 0.4) is 0 Å². The fourth-order valence-electron chi connectivity index (χ4n) is 2.88. The van der Waals surface area contributed by atoms with E-state index in [-0.39, 0.29) is 12.5 Å². The number of aryl methyl sites for hydroxylation is 1. The smallest absolute Gasteiger partial charge is 0.343 e. The summed E-state index contributed by atoms with van der Waals surface area (Å²) in [6.07, 6.45) is 3.54. The number of hydrazone groups is 1. The second-order valence-electron chi connectivity index (χ2n) is 7.53. The van der Waals surface area contributed by atoms with Crippen molar-refractivity contribution < 1.29 is 23.8 Å². The molecular formula is C27H28N2O5. The summed E-state index contributed by atoms with van der Waals surface area (Å²) in [7, 11) is 0. The van der Waals surface area contributed by atoms with E-state index in [1.54, 1.807) is 54.6 Å². The van der Waals surface area contributed by atoms with Crippen molar-refractivity contribution in [2.75, 3.05) is 13.2 Å². The van der Waals surface area contributed by atoms with Crippen LogP contribution in [0.25, 0.3) is 0 Å². The van der Waals surface area contributed by atoms with E-state index in [9.17, 15) is 9.59 Å². The van der Waals surface area contributed by atoms with Gasteiger partial charge in [-0.1, -0.05) is 31.5 Å². The molecule has 0 radical (unpaired) electrons. The fourth-order valence-corrected chi connectivity index (χ4v) is 2.88. The number of unbranched alkanes of at least 4 members (excludes halogenated alkanes) is 1. The van der Waals surface area contributed by atoms with E-state index in [1.807, 2.05) is 25.1 Å². The highest BCUT2D eigenvalue weighted by Crippen LogP contribution is 2.17. The molecule has 1 N–H and O–H groups in total. The van der Waals surface area contributed by atoms with E-state index in [0.717, 1.165) is 29.7 Å². The van der Waals surface area contributed by atoms with Crippen molar-refractivity contribution in [2.45, 2.75) is 26.7 Å². The Hall–Kier alpha value is -4.13. The minimum atomic E-state index is -0.456. The Labute approximate surface area is 199 Å². The number of esters is 1. The Balaban J connectivity index is 1.44. The third kappa shape index (κ3) is 7.78. The van der Waals surface area contributed by atoms with E-state index in [4.69, 9.17) is 14.2 Å². The van der Waals surface area contributed by atoms with Crippen molar-refractivity contribution in [1.29, 1.82) is 0 Å². The number of para-hydroxylation sites is 1. The summed E-state index contributed by atoms with van der Waals surface area (Å²) in [5.41, 5.74) is 4.54. The van der Waals surface area contributed by atoms with Gasteiger partial charge in [0.2, 0.25) is 0 Å². The highest BCUT2D eigenvalue weighted by molar-refractivity contribution is 5.91. The minimum Gasteiger partial charge on any atom is -0.494 e. The summed E-state index contributed by atoms with van der Waals surface area (Å²) in [6, 6.07) is 21.1. The number of benzene rings is 3. The van der Waals surface area contributed by atoms with E-state index >= 15 is 0 Å². The van der Waals surface area contributed by atoms with Gasteiger partial charge in [-0.25, -0.2) is 10.2 Å². The molecule has 0 bridgehead atoms. The molecule has 176 valence electrons. The highest BCUT2D eigenvalue weighted by Gasteiger charge is 2.09. The number of rotatable bonds is 11. The van der Waals surface area contributed by atoms with Crippen molar-refractivity contribution >= 4 is 18.1 Å². The SMILES string of the molecule is CCCCOc1ccc(C(=O)Oc2ccc(/C=N\NC(=O)COc3ccccc3C)cc2)cc1. The Morgan fingerprint density at radius 1 is 0.912 bits per heavy atom. The Kier molecular flexibility index (Phi) is 9.22. The van der Waals surface area contributed by atoms with Crippen LogP contribution in [0.15, 0.2) is 77.9 Å². The number of nitrogens with zero attached hydrogens (tertiary/aromatic N) is 1. The summed E-state index contributed by atoms with van der Waals surface area (Å²) < 4.78 is 16.5. The van der Waals surface area contributed by atoms with Gasteiger partial charge in [0.15, 0.2) is 6.61 Å². The maximum absolute atomic E-state index is 12.4. The van der Waals surface area contributed by atoms with Crippen LogP contribution < -0.4 is 19.6 Å². The fraction of sp³-hybridized carbons (Fsp3) is 0.222.